The van der Waals surface area contributed by atoms with Crippen molar-refractivity contribution in [2.75, 3.05) is 39.4 Å². The first-order valence-electron chi connectivity index (χ1n) is 11.9. The smallest absolute Gasteiger partial charge is 0.317 e. The maximum absolute atomic E-state index is 13.6. The van der Waals surface area contributed by atoms with Crippen LogP contribution in [-0.2, 0) is 16.0 Å². The van der Waals surface area contributed by atoms with Crippen molar-refractivity contribution in [2.45, 2.75) is 44.8 Å². The van der Waals surface area contributed by atoms with Gasteiger partial charge in [-0.2, -0.15) is 0 Å². The van der Waals surface area contributed by atoms with Crippen LogP contribution in [0.4, 0.5) is 9.18 Å². The van der Waals surface area contributed by atoms with Gasteiger partial charge < -0.3 is 24.6 Å². The van der Waals surface area contributed by atoms with Gasteiger partial charge in [0, 0.05) is 37.2 Å². The second kappa shape index (κ2) is 11.7. The molecule has 7 nitrogen and oxygen atoms in total. The highest BCUT2D eigenvalue weighted by atomic mass is 32.1. The van der Waals surface area contributed by atoms with Crippen LogP contribution in [0.3, 0.4) is 0 Å². The van der Waals surface area contributed by atoms with Crippen molar-refractivity contribution in [3.05, 3.63) is 52.0 Å². The Bertz CT molecular complexity index is 979. The monoisotopic (exact) mass is 489 g/mol. The maximum Gasteiger partial charge on any atom is 0.317 e. The third-order valence-corrected chi connectivity index (χ3v) is 7.20. The molecular weight excluding hydrogens is 457 g/mol. The van der Waals surface area contributed by atoms with Gasteiger partial charge in [-0.05, 0) is 54.8 Å². The number of urea groups is 1. The molecule has 2 aliphatic heterocycles. The highest BCUT2D eigenvalue weighted by Gasteiger charge is 2.34. The molecule has 184 valence electrons. The lowest BCUT2D eigenvalue weighted by molar-refractivity contribution is -0.135. The lowest BCUT2D eigenvalue weighted by atomic mass is 10.0. The van der Waals surface area contributed by atoms with Gasteiger partial charge in [0.2, 0.25) is 5.91 Å². The van der Waals surface area contributed by atoms with E-state index < -0.39 is 0 Å². The Labute approximate surface area is 203 Å². The van der Waals surface area contributed by atoms with Gasteiger partial charge in [-0.25, -0.2) is 9.18 Å². The van der Waals surface area contributed by atoms with E-state index in [1.54, 1.807) is 33.3 Å². The Morgan fingerprint density at radius 1 is 1.35 bits per heavy atom. The molecule has 1 aromatic heterocycles. The lowest BCUT2D eigenvalue weighted by Gasteiger charge is -2.37. The first kappa shape index (κ1) is 24.5. The van der Waals surface area contributed by atoms with Crippen molar-refractivity contribution in [3.63, 3.8) is 0 Å². The van der Waals surface area contributed by atoms with E-state index >= 15 is 0 Å². The van der Waals surface area contributed by atoms with Gasteiger partial charge >= 0.3 is 6.03 Å². The molecule has 0 aliphatic carbocycles. The Kier molecular flexibility index (Phi) is 8.39. The number of hydrogen-bond acceptors (Lipinski definition) is 5. The summed E-state index contributed by atoms with van der Waals surface area (Å²) in [4.78, 5) is 30.9. The summed E-state index contributed by atoms with van der Waals surface area (Å²) in [6, 6.07) is 7.49. The molecule has 1 fully saturated rings. The van der Waals surface area contributed by atoms with E-state index in [1.807, 2.05) is 18.4 Å². The molecule has 1 N–H and O–H groups in total. The lowest BCUT2D eigenvalue weighted by Crippen LogP contribution is -2.51. The second-order valence-electron chi connectivity index (χ2n) is 8.67. The fourth-order valence-corrected chi connectivity index (χ4v) is 5.39. The summed E-state index contributed by atoms with van der Waals surface area (Å²) in [5, 5.41) is 4.92. The largest absolute Gasteiger partial charge is 0.491 e. The molecule has 9 heteroatoms. The van der Waals surface area contributed by atoms with Gasteiger partial charge in [-0.1, -0.05) is 13.0 Å². The van der Waals surface area contributed by atoms with Crippen LogP contribution >= 0.6 is 11.3 Å². The van der Waals surface area contributed by atoms with Gasteiger partial charge in [-0.3, -0.25) is 4.79 Å². The SMILES string of the molecule is CCCNC(=O)N(CC(=O)N1CCc2sccc2C1COc1cccc(F)c1)CC1CCCO1. The number of benzene rings is 1. The fourth-order valence-electron chi connectivity index (χ4n) is 4.46. The van der Waals surface area contributed by atoms with Crippen molar-refractivity contribution in [3.8, 4) is 5.75 Å². The summed E-state index contributed by atoms with van der Waals surface area (Å²) in [6.07, 6.45) is 3.40. The number of halogens is 1. The predicted octanol–water partition coefficient (Wildman–Crippen LogP) is 3.99. The zero-order valence-corrected chi connectivity index (χ0v) is 20.3. The van der Waals surface area contributed by atoms with Crippen LogP contribution in [0.15, 0.2) is 35.7 Å². The zero-order valence-electron chi connectivity index (χ0n) is 19.5. The molecule has 3 heterocycles. The summed E-state index contributed by atoms with van der Waals surface area (Å²) < 4.78 is 25.2. The second-order valence-corrected chi connectivity index (χ2v) is 9.67. The number of fused-ring (bicyclic) bond motifs is 1. The number of carbonyl (C=O) groups excluding carboxylic acids is 2. The molecule has 0 radical (unpaired) electrons. The third-order valence-electron chi connectivity index (χ3n) is 6.21. The Balaban J connectivity index is 1.48. The van der Waals surface area contributed by atoms with Crippen molar-refractivity contribution in [1.29, 1.82) is 0 Å². The minimum atomic E-state index is -0.367. The first-order chi connectivity index (χ1) is 16.5. The summed E-state index contributed by atoms with van der Waals surface area (Å²) in [7, 11) is 0. The molecule has 2 aliphatic rings. The van der Waals surface area contributed by atoms with Crippen LogP contribution < -0.4 is 10.1 Å². The number of hydrogen-bond donors (Lipinski definition) is 1. The number of nitrogens with zero attached hydrogens (tertiary/aromatic N) is 2. The average Bonchev–Trinajstić information content (AvgIpc) is 3.52. The van der Waals surface area contributed by atoms with Crippen LogP contribution in [0.2, 0.25) is 0 Å². The molecule has 0 spiro atoms. The van der Waals surface area contributed by atoms with Crippen molar-refractivity contribution in [2.24, 2.45) is 0 Å². The van der Waals surface area contributed by atoms with E-state index in [2.05, 4.69) is 5.32 Å². The van der Waals surface area contributed by atoms with Gasteiger partial charge in [-0.15, -0.1) is 11.3 Å². The van der Waals surface area contributed by atoms with Crippen molar-refractivity contribution < 1.29 is 23.5 Å². The normalized spacial score (nSPS) is 19.5. The van der Waals surface area contributed by atoms with Gasteiger partial charge in [0.25, 0.3) is 0 Å². The number of ether oxygens (including phenoxy) is 2. The molecule has 2 unspecified atom stereocenters. The molecule has 4 rings (SSSR count). The molecule has 3 amide bonds. The minimum absolute atomic E-state index is 0.0225. The molecular formula is C25H32FN3O4S. The molecule has 1 saturated heterocycles. The third kappa shape index (κ3) is 6.07. The fraction of sp³-hybridized carbons (Fsp3) is 0.520. The first-order valence-corrected chi connectivity index (χ1v) is 12.8. The highest BCUT2D eigenvalue weighted by Crippen LogP contribution is 2.34. The zero-order chi connectivity index (χ0) is 23.9. The molecule has 2 aromatic rings. The van der Waals surface area contributed by atoms with Gasteiger partial charge in [0.15, 0.2) is 0 Å². The molecule has 2 atom stereocenters. The van der Waals surface area contributed by atoms with E-state index in [0.717, 1.165) is 31.2 Å². The number of amides is 3. The summed E-state index contributed by atoms with van der Waals surface area (Å²) in [5.74, 6) is -0.0730. The quantitative estimate of drug-likeness (QED) is 0.578. The molecule has 0 saturated carbocycles. The van der Waals surface area contributed by atoms with E-state index in [9.17, 15) is 14.0 Å². The van der Waals surface area contributed by atoms with E-state index in [0.29, 0.717) is 32.0 Å². The van der Waals surface area contributed by atoms with Crippen molar-refractivity contribution >= 4 is 23.3 Å². The maximum atomic E-state index is 13.6. The van der Waals surface area contributed by atoms with E-state index in [-0.39, 0.29) is 43.1 Å². The Hall–Kier alpha value is -2.65. The molecule has 1 aromatic carbocycles. The van der Waals surface area contributed by atoms with E-state index in [1.165, 1.54) is 17.0 Å². The minimum Gasteiger partial charge on any atom is -0.491 e. The van der Waals surface area contributed by atoms with Gasteiger partial charge in [0.05, 0.1) is 12.1 Å². The average molecular weight is 490 g/mol. The Morgan fingerprint density at radius 2 is 2.24 bits per heavy atom. The van der Waals surface area contributed by atoms with Crippen LogP contribution in [0, 0.1) is 5.82 Å². The number of rotatable bonds is 9. The number of nitrogens with one attached hydrogen (secondary N) is 1. The highest BCUT2D eigenvalue weighted by molar-refractivity contribution is 7.10. The number of thiophene rings is 1. The standard InChI is InChI=1S/C25H32FN3O4S/c1-2-10-27-25(31)28(15-20-7-4-12-32-20)16-24(30)29-11-8-23-21(9-13-34-23)22(29)17-33-19-6-3-5-18(26)14-19/h3,5-6,9,13-14,20,22H,2,4,7-8,10-12,15-17H2,1H3,(H,27,31). The van der Waals surface area contributed by atoms with E-state index in [4.69, 9.17) is 9.47 Å². The van der Waals surface area contributed by atoms with Crippen LogP contribution in [0.5, 0.6) is 5.75 Å². The van der Waals surface area contributed by atoms with Gasteiger partial charge in [0.1, 0.15) is 24.7 Å². The molecule has 34 heavy (non-hydrogen) atoms. The van der Waals surface area contributed by atoms with Crippen LogP contribution in [0.1, 0.15) is 42.7 Å². The molecule has 0 bridgehead atoms. The predicted molar refractivity (Wildman–Crippen MR) is 129 cm³/mol. The topological polar surface area (TPSA) is 71.1 Å². The summed E-state index contributed by atoms with van der Waals surface area (Å²) in [5.41, 5.74) is 1.06. The summed E-state index contributed by atoms with van der Waals surface area (Å²) in [6.45, 7) is 4.37. The van der Waals surface area contributed by atoms with Crippen LogP contribution in [0.25, 0.3) is 0 Å². The summed E-state index contributed by atoms with van der Waals surface area (Å²) >= 11 is 1.67. The number of carbonyl (C=O) groups is 2. The van der Waals surface area contributed by atoms with Crippen LogP contribution in [-0.4, -0.2) is 67.2 Å². The Morgan fingerprint density at radius 3 is 3.00 bits per heavy atom. The van der Waals surface area contributed by atoms with Crippen molar-refractivity contribution in [1.82, 2.24) is 15.1 Å².